The van der Waals surface area contributed by atoms with Crippen molar-refractivity contribution in [2.24, 2.45) is 5.92 Å². The van der Waals surface area contributed by atoms with Crippen molar-refractivity contribution < 1.29 is 4.74 Å². The molecule has 12 heavy (non-hydrogen) atoms. The van der Waals surface area contributed by atoms with Crippen molar-refractivity contribution in [2.45, 2.75) is 44.8 Å². The molecule has 1 N–H and O–H groups in total. The predicted molar refractivity (Wildman–Crippen MR) is 49.2 cm³/mol. The summed E-state index contributed by atoms with van der Waals surface area (Å²) >= 11 is 0. The summed E-state index contributed by atoms with van der Waals surface area (Å²) in [6, 6.07) is 0.750. The molecule has 0 bridgehead atoms. The molecule has 0 aromatic heterocycles. The summed E-state index contributed by atoms with van der Waals surface area (Å²) in [5, 5.41) is 3.52. The van der Waals surface area contributed by atoms with Crippen LogP contribution in [0.1, 0.15) is 32.6 Å². The fourth-order valence-electron chi connectivity index (χ4n) is 2.32. The molecule has 2 aliphatic heterocycles. The van der Waals surface area contributed by atoms with Crippen LogP contribution in [0.25, 0.3) is 0 Å². The van der Waals surface area contributed by atoms with Crippen molar-refractivity contribution in [2.75, 3.05) is 13.2 Å². The van der Waals surface area contributed by atoms with Gasteiger partial charge in [0.05, 0.1) is 6.10 Å². The third kappa shape index (κ3) is 1.99. The first-order chi connectivity index (χ1) is 5.84. The lowest BCUT2D eigenvalue weighted by Crippen LogP contribution is -2.26. The minimum Gasteiger partial charge on any atom is -0.378 e. The van der Waals surface area contributed by atoms with Crippen molar-refractivity contribution in [3.05, 3.63) is 0 Å². The molecule has 0 aromatic rings. The monoisotopic (exact) mass is 169 g/mol. The summed E-state index contributed by atoms with van der Waals surface area (Å²) in [4.78, 5) is 0. The van der Waals surface area contributed by atoms with Crippen LogP contribution in [0.2, 0.25) is 0 Å². The SMILES string of the molecule is CC1COC(CC2CCCN2)C1. The Bertz CT molecular complexity index is 143. The summed E-state index contributed by atoms with van der Waals surface area (Å²) < 4.78 is 5.69. The lowest BCUT2D eigenvalue weighted by atomic mass is 10.0. The minimum atomic E-state index is 0.551. The first-order valence-corrected chi connectivity index (χ1v) is 5.19. The molecule has 0 spiro atoms. The molecular weight excluding hydrogens is 150 g/mol. The molecule has 2 nitrogen and oxygen atoms in total. The van der Waals surface area contributed by atoms with Crippen LogP contribution >= 0.6 is 0 Å². The highest BCUT2D eigenvalue weighted by Gasteiger charge is 2.26. The highest BCUT2D eigenvalue weighted by Crippen LogP contribution is 2.24. The maximum atomic E-state index is 5.69. The van der Waals surface area contributed by atoms with Crippen LogP contribution in [0, 0.1) is 5.92 Å². The van der Waals surface area contributed by atoms with Crippen LogP contribution in [0.15, 0.2) is 0 Å². The number of hydrogen-bond acceptors (Lipinski definition) is 2. The molecule has 2 fully saturated rings. The molecule has 2 aliphatic rings. The maximum Gasteiger partial charge on any atom is 0.0593 e. The molecule has 0 aromatic carbocycles. The average Bonchev–Trinajstić information content (AvgIpc) is 2.63. The Balaban J connectivity index is 1.72. The quantitative estimate of drug-likeness (QED) is 0.677. The van der Waals surface area contributed by atoms with Gasteiger partial charge >= 0.3 is 0 Å². The van der Waals surface area contributed by atoms with Crippen molar-refractivity contribution in [3.63, 3.8) is 0 Å². The maximum absolute atomic E-state index is 5.69. The third-order valence-corrected chi connectivity index (χ3v) is 2.99. The third-order valence-electron chi connectivity index (χ3n) is 2.99. The van der Waals surface area contributed by atoms with E-state index in [1.165, 1.54) is 32.2 Å². The molecule has 3 unspecified atom stereocenters. The van der Waals surface area contributed by atoms with Gasteiger partial charge in [-0.05, 0) is 38.1 Å². The van der Waals surface area contributed by atoms with Crippen molar-refractivity contribution >= 4 is 0 Å². The van der Waals surface area contributed by atoms with E-state index in [-0.39, 0.29) is 0 Å². The van der Waals surface area contributed by atoms with E-state index in [1.54, 1.807) is 0 Å². The van der Waals surface area contributed by atoms with E-state index in [9.17, 15) is 0 Å². The molecule has 0 radical (unpaired) electrons. The molecule has 70 valence electrons. The number of hydrogen-bond donors (Lipinski definition) is 1. The molecule has 0 aliphatic carbocycles. The van der Waals surface area contributed by atoms with E-state index in [2.05, 4.69) is 12.2 Å². The van der Waals surface area contributed by atoms with Gasteiger partial charge in [-0.25, -0.2) is 0 Å². The smallest absolute Gasteiger partial charge is 0.0593 e. The summed E-state index contributed by atoms with van der Waals surface area (Å²) in [6.45, 7) is 4.48. The summed E-state index contributed by atoms with van der Waals surface area (Å²) in [5.41, 5.74) is 0. The Morgan fingerprint density at radius 3 is 3.00 bits per heavy atom. The van der Waals surface area contributed by atoms with Gasteiger partial charge in [-0.2, -0.15) is 0 Å². The Morgan fingerprint density at radius 1 is 1.50 bits per heavy atom. The van der Waals surface area contributed by atoms with Gasteiger partial charge in [0.15, 0.2) is 0 Å². The van der Waals surface area contributed by atoms with Gasteiger partial charge in [0, 0.05) is 12.6 Å². The topological polar surface area (TPSA) is 21.3 Å². The van der Waals surface area contributed by atoms with Crippen LogP contribution < -0.4 is 5.32 Å². The minimum absolute atomic E-state index is 0.551. The lowest BCUT2D eigenvalue weighted by molar-refractivity contribution is 0.0936. The molecule has 2 saturated heterocycles. The fourth-order valence-corrected chi connectivity index (χ4v) is 2.32. The van der Waals surface area contributed by atoms with Crippen molar-refractivity contribution in [3.8, 4) is 0 Å². The second-order valence-corrected chi connectivity index (χ2v) is 4.33. The molecule has 2 heteroatoms. The lowest BCUT2D eigenvalue weighted by Gasteiger charge is -2.14. The number of rotatable bonds is 2. The number of nitrogens with one attached hydrogen (secondary N) is 1. The van der Waals surface area contributed by atoms with E-state index in [0.717, 1.165) is 18.6 Å². The van der Waals surface area contributed by atoms with Gasteiger partial charge in [0.1, 0.15) is 0 Å². The van der Waals surface area contributed by atoms with Crippen LogP contribution in [-0.2, 0) is 4.74 Å². The van der Waals surface area contributed by atoms with E-state index in [1.807, 2.05) is 0 Å². The number of ether oxygens (including phenoxy) is 1. The largest absolute Gasteiger partial charge is 0.378 e. The second kappa shape index (κ2) is 3.75. The standard InChI is InChI=1S/C10H19NO/c1-8-5-10(12-7-8)6-9-3-2-4-11-9/h8-11H,2-7H2,1H3. The fraction of sp³-hybridized carbons (Fsp3) is 1.00. The first-order valence-electron chi connectivity index (χ1n) is 5.19. The van der Waals surface area contributed by atoms with Crippen LogP contribution in [-0.4, -0.2) is 25.3 Å². The molecule has 0 saturated carbocycles. The van der Waals surface area contributed by atoms with Crippen LogP contribution in [0.5, 0.6) is 0 Å². The predicted octanol–water partition coefficient (Wildman–Crippen LogP) is 1.55. The van der Waals surface area contributed by atoms with Gasteiger partial charge in [0.25, 0.3) is 0 Å². The van der Waals surface area contributed by atoms with E-state index < -0.39 is 0 Å². The zero-order valence-electron chi connectivity index (χ0n) is 7.88. The van der Waals surface area contributed by atoms with Gasteiger partial charge in [0.2, 0.25) is 0 Å². The zero-order valence-corrected chi connectivity index (χ0v) is 7.88. The van der Waals surface area contributed by atoms with Gasteiger partial charge in [-0.3, -0.25) is 0 Å². The van der Waals surface area contributed by atoms with Gasteiger partial charge in [-0.15, -0.1) is 0 Å². The highest BCUT2D eigenvalue weighted by molar-refractivity contribution is 4.80. The van der Waals surface area contributed by atoms with Crippen LogP contribution in [0.4, 0.5) is 0 Å². The Labute approximate surface area is 74.7 Å². The average molecular weight is 169 g/mol. The van der Waals surface area contributed by atoms with Gasteiger partial charge in [-0.1, -0.05) is 6.92 Å². The Hall–Kier alpha value is -0.0800. The highest BCUT2D eigenvalue weighted by atomic mass is 16.5. The van der Waals surface area contributed by atoms with E-state index >= 15 is 0 Å². The molecule has 0 amide bonds. The van der Waals surface area contributed by atoms with E-state index in [4.69, 9.17) is 4.74 Å². The van der Waals surface area contributed by atoms with Crippen molar-refractivity contribution in [1.29, 1.82) is 0 Å². The summed E-state index contributed by atoms with van der Waals surface area (Å²) in [6.07, 6.45) is 5.78. The van der Waals surface area contributed by atoms with E-state index in [0.29, 0.717) is 6.10 Å². The van der Waals surface area contributed by atoms with Crippen LogP contribution in [0.3, 0.4) is 0 Å². The second-order valence-electron chi connectivity index (χ2n) is 4.33. The summed E-state index contributed by atoms with van der Waals surface area (Å²) in [5.74, 6) is 0.788. The summed E-state index contributed by atoms with van der Waals surface area (Å²) in [7, 11) is 0. The molecule has 2 heterocycles. The van der Waals surface area contributed by atoms with Gasteiger partial charge < -0.3 is 10.1 Å². The molecular formula is C10H19NO. The molecule has 3 atom stereocenters. The Kier molecular flexibility index (Phi) is 2.66. The Morgan fingerprint density at radius 2 is 2.42 bits per heavy atom. The zero-order chi connectivity index (χ0) is 8.39. The van der Waals surface area contributed by atoms with Crippen molar-refractivity contribution in [1.82, 2.24) is 5.32 Å². The first kappa shape index (κ1) is 8.52. The molecule has 2 rings (SSSR count). The normalized spacial score (nSPS) is 42.2.